The Balaban J connectivity index is 1.67. The average Bonchev–Trinajstić information content (AvgIpc) is 2.96. The summed E-state index contributed by atoms with van der Waals surface area (Å²) in [6.45, 7) is 1.97. The topological polar surface area (TPSA) is 107 Å². The summed E-state index contributed by atoms with van der Waals surface area (Å²) in [5, 5.41) is 12.2. The average molecular weight is 437 g/mol. The molecule has 0 radical (unpaired) electrons. The minimum absolute atomic E-state index is 0.0286. The van der Waals surface area contributed by atoms with Gasteiger partial charge in [-0.2, -0.15) is 5.10 Å². The van der Waals surface area contributed by atoms with Crippen molar-refractivity contribution < 1.29 is 17.6 Å². The molecule has 1 heterocycles. The van der Waals surface area contributed by atoms with Crippen molar-refractivity contribution in [2.45, 2.75) is 18.2 Å². The Hall–Kier alpha value is -2.75. The number of hydrogen-bond acceptors (Lipinski definition) is 4. The summed E-state index contributed by atoms with van der Waals surface area (Å²) >= 11 is 6.33. The van der Waals surface area contributed by atoms with Gasteiger partial charge in [0, 0.05) is 6.54 Å². The van der Waals surface area contributed by atoms with Crippen LogP contribution in [0.25, 0.3) is 5.69 Å². The normalized spacial score (nSPS) is 11.4. The van der Waals surface area contributed by atoms with Crippen LogP contribution in [0.3, 0.4) is 0 Å². The molecule has 0 saturated carbocycles. The highest BCUT2D eigenvalue weighted by Crippen LogP contribution is 2.23. The first-order valence-corrected chi connectivity index (χ1v) is 10.5. The molecule has 1 aromatic heterocycles. The number of aryl methyl sites for hydroxylation is 1. The van der Waals surface area contributed by atoms with Gasteiger partial charge in [0.2, 0.25) is 10.0 Å². The maximum Gasteiger partial charge on any atom is 0.256 e. The van der Waals surface area contributed by atoms with Gasteiger partial charge < -0.3 is 5.32 Å². The number of aromatic nitrogens is 2. The summed E-state index contributed by atoms with van der Waals surface area (Å²) < 4.78 is 37.0. The van der Waals surface area contributed by atoms with E-state index in [1.807, 2.05) is 0 Å². The molecule has 2 aromatic carbocycles. The Morgan fingerprint density at radius 2 is 1.79 bits per heavy atom. The zero-order chi connectivity index (χ0) is 21.2. The van der Waals surface area contributed by atoms with E-state index in [0.29, 0.717) is 24.3 Å². The lowest BCUT2D eigenvalue weighted by atomic mass is 10.1. The summed E-state index contributed by atoms with van der Waals surface area (Å²) in [6.07, 6.45) is 0.486. The summed E-state index contributed by atoms with van der Waals surface area (Å²) in [5.41, 5.74) is 2.05. The van der Waals surface area contributed by atoms with E-state index in [1.54, 1.807) is 19.1 Å². The van der Waals surface area contributed by atoms with Gasteiger partial charge in [-0.3, -0.25) is 4.79 Å². The number of halogens is 2. The molecule has 7 nitrogen and oxygen atoms in total. The van der Waals surface area contributed by atoms with E-state index in [9.17, 15) is 17.6 Å². The van der Waals surface area contributed by atoms with Gasteiger partial charge in [-0.15, -0.1) is 0 Å². The fourth-order valence-corrected chi connectivity index (χ4v) is 3.64. The van der Waals surface area contributed by atoms with Gasteiger partial charge in [-0.05, 0) is 55.3 Å². The van der Waals surface area contributed by atoms with Crippen molar-refractivity contribution in [1.82, 2.24) is 15.1 Å². The van der Waals surface area contributed by atoms with Crippen molar-refractivity contribution in [3.05, 3.63) is 76.3 Å². The molecule has 152 valence electrons. The maximum absolute atomic E-state index is 13.1. The first-order valence-electron chi connectivity index (χ1n) is 8.58. The van der Waals surface area contributed by atoms with Crippen LogP contribution in [0.15, 0.2) is 53.4 Å². The standard InChI is InChI=1S/C19H18ClFN4O3S/c1-12-17(18(20)25(24-12)15-6-4-14(21)5-7-15)19(26)23-11-10-13-2-8-16(9-3-13)29(22,27)28/h2-9H,10-11H2,1H3,(H,23,26)(H2,22,27,28). The van der Waals surface area contributed by atoms with Crippen LogP contribution in [-0.4, -0.2) is 30.7 Å². The van der Waals surface area contributed by atoms with Crippen LogP contribution in [0.2, 0.25) is 5.15 Å². The molecule has 0 aliphatic rings. The summed E-state index contributed by atoms with van der Waals surface area (Å²) in [4.78, 5) is 12.6. The molecule has 3 aromatic rings. The maximum atomic E-state index is 13.1. The molecular formula is C19H18ClFN4O3S. The van der Waals surface area contributed by atoms with E-state index in [4.69, 9.17) is 16.7 Å². The Morgan fingerprint density at radius 3 is 2.38 bits per heavy atom. The molecule has 29 heavy (non-hydrogen) atoms. The lowest BCUT2D eigenvalue weighted by Crippen LogP contribution is -2.26. The van der Waals surface area contributed by atoms with Crippen molar-refractivity contribution in [3.8, 4) is 5.69 Å². The predicted molar refractivity (Wildman–Crippen MR) is 107 cm³/mol. The number of amides is 1. The Morgan fingerprint density at radius 1 is 1.17 bits per heavy atom. The zero-order valence-corrected chi connectivity index (χ0v) is 17.0. The predicted octanol–water partition coefficient (Wildman–Crippen LogP) is 2.59. The third-order valence-corrected chi connectivity index (χ3v) is 5.53. The van der Waals surface area contributed by atoms with Crippen LogP contribution in [0.5, 0.6) is 0 Å². The van der Waals surface area contributed by atoms with Crippen LogP contribution < -0.4 is 10.5 Å². The molecule has 0 saturated heterocycles. The molecule has 1 amide bonds. The third kappa shape index (κ3) is 4.81. The summed E-state index contributed by atoms with van der Waals surface area (Å²) in [7, 11) is -3.74. The molecule has 0 spiro atoms. The Bertz CT molecular complexity index is 1140. The molecular weight excluding hydrogens is 419 g/mol. The van der Waals surface area contributed by atoms with Crippen molar-refractivity contribution in [2.75, 3.05) is 6.54 Å². The fourth-order valence-electron chi connectivity index (χ4n) is 2.76. The lowest BCUT2D eigenvalue weighted by Gasteiger charge is -2.07. The first-order chi connectivity index (χ1) is 13.7. The second-order valence-electron chi connectivity index (χ2n) is 6.33. The number of sulfonamides is 1. The highest BCUT2D eigenvalue weighted by molar-refractivity contribution is 7.89. The molecule has 3 N–H and O–H groups in total. The van der Waals surface area contributed by atoms with Crippen LogP contribution in [0.4, 0.5) is 4.39 Å². The molecule has 0 unspecified atom stereocenters. The largest absolute Gasteiger partial charge is 0.352 e. The third-order valence-electron chi connectivity index (χ3n) is 4.25. The van der Waals surface area contributed by atoms with E-state index in [0.717, 1.165) is 5.56 Å². The molecule has 0 fully saturated rings. The van der Waals surface area contributed by atoms with Gasteiger partial charge in [-0.25, -0.2) is 22.6 Å². The summed E-state index contributed by atoms with van der Waals surface area (Å²) in [6, 6.07) is 11.7. The van der Waals surface area contributed by atoms with Crippen LogP contribution >= 0.6 is 11.6 Å². The van der Waals surface area contributed by atoms with Gasteiger partial charge >= 0.3 is 0 Å². The number of nitrogens with zero attached hydrogens (tertiary/aromatic N) is 2. The van der Waals surface area contributed by atoms with E-state index in [1.165, 1.54) is 41.1 Å². The number of hydrogen-bond donors (Lipinski definition) is 2. The van der Waals surface area contributed by atoms with Crippen molar-refractivity contribution in [1.29, 1.82) is 0 Å². The van der Waals surface area contributed by atoms with Crippen LogP contribution in [0, 0.1) is 12.7 Å². The monoisotopic (exact) mass is 436 g/mol. The molecule has 0 aliphatic carbocycles. The minimum Gasteiger partial charge on any atom is -0.352 e. The van der Waals surface area contributed by atoms with E-state index in [2.05, 4.69) is 10.4 Å². The van der Waals surface area contributed by atoms with Crippen molar-refractivity contribution in [2.24, 2.45) is 5.14 Å². The zero-order valence-electron chi connectivity index (χ0n) is 15.4. The minimum atomic E-state index is -3.74. The van der Waals surface area contributed by atoms with Gasteiger partial charge in [0.05, 0.1) is 21.8 Å². The number of nitrogens with one attached hydrogen (secondary N) is 1. The number of nitrogens with two attached hydrogens (primary N) is 1. The van der Waals surface area contributed by atoms with Crippen LogP contribution in [0.1, 0.15) is 21.6 Å². The molecule has 0 atom stereocenters. The highest BCUT2D eigenvalue weighted by Gasteiger charge is 2.21. The van der Waals surface area contributed by atoms with E-state index in [-0.39, 0.29) is 27.3 Å². The van der Waals surface area contributed by atoms with Crippen LogP contribution in [-0.2, 0) is 16.4 Å². The van der Waals surface area contributed by atoms with Crippen molar-refractivity contribution in [3.63, 3.8) is 0 Å². The fraction of sp³-hybridized carbons (Fsp3) is 0.158. The summed E-state index contributed by atoms with van der Waals surface area (Å²) in [5.74, 6) is -0.772. The molecule has 0 bridgehead atoms. The number of rotatable bonds is 6. The number of primary sulfonamides is 1. The molecule has 3 rings (SSSR count). The van der Waals surface area contributed by atoms with Gasteiger partial charge in [0.15, 0.2) is 0 Å². The number of carbonyl (C=O) groups excluding carboxylic acids is 1. The van der Waals surface area contributed by atoms with Gasteiger partial charge in [-0.1, -0.05) is 23.7 Å². The highest BCUT2D eigenvalue weighted by atomic mass is 35.5. The second kappa shape index (κ2) is 8.32. The number of benzene rings is 2. The molecule has 0 aliphatic heterocycles. The Labute approximate surface area is 172 Å². The van der Waals surface area contributed by atoms with Gasteiger partial charge in [0.25, 0.3) is 5.91 Å². The van der Waals surface area contributed by atoms with E-state index >= 15 is 0 Å². The quantitative estimate of drug-likeness (QED) is 0.619. The molecule has 10 heteroatoms. The van der Waals surface area contributed by atoms with Crippen molar-refractivity contribution >= 4 is 27.5 Å². The second-order valence-corrected chi connectivity index (χ2v) is 8.25. The number of carbonyl (C=O) groups is 1. The Kier molecular flexibility index (Phi) is 6.02. The first kappa shape index (κ1) is 21.0. The van der Waals surface area contributed by atoms with Gasteiger partial charge in [0.1, 0.15) is 11.0 Å². The SMILES string of the molecule is Cc1nn(-c2ccc(F)cc2)c(Cl)c1C(=O)NCCc1ccc(S(N)(=O)=O)cc1. The van der Waals surface area contributed by atoms with E-state index < -0.39 is 10.0 Å². The lowest BCUT2D eigenvalue weighted by molar-refractivity contribution is 0.0953. The smallest absolute Gasteiger partial charge is 0.256 e.